The first-order valence-electron chi connectivity index (χ1n) is 5.71. The summed E-state index contributed by atoms with van der Waals surface area (Å²) >= 11 is 0. The molecule has 0 saturated heterocycles. The summed E-state index contributed by atoms with van der Waals surface area (Å²) in [5.41, 5.74) is 4.68. The number of carbonyl (C=O) groups is 1. The first-order chi connectivity index (χ1) is 8.49. The Kier molecular flexibility index (Phi) is 2.98. The van der Waals surface area contributed by atoms with Crippen LogP contribution in [0, 0.1) is 12.3 Å². The van der Waals surface area contributed by atoms with Gasteiger partial charge in [-0.3, -0.25) is 4.79 Å². The number of aromatic nitrogens is 1. The van der Waals surface area contributed by atoms with Crippen LogP contribution < -0.4 is 11.1 Å². The maximum Gasteiger partial charge on any atom is 0.234 e. The molecule has 18 heavy (non-hydrogen) atoms. The lowest BCUT2D eigenvalue weighted by molar-refractivity contribution is -0.124. The monoisotopic (exact) mass is 252 g/mol. The number of hydrogen-bond acceptors (Lipinski definition) is 5. The number of nitrogens with two attached hydrogens (primary N) is 1. The van der Waals surface area contributed by atoms with Crippen molar-refractivity contribution in [1.82, 2.24) is 10.3 Å². The Balaban J connectivity index is 2.04. The van der Waals surface area contributed by atoms with E-state index in [0.29, 0.717) is 24.5 Å². The van der Waals surface area contributed by atoms with E-state index in [9.17, 15) is 4.79 Å². The van der Waals surface area contributed by atoms with Gasteiger partial charge in [0.1, 0.15) is 17.2 Å². The van der Waals surface area contributed by atoms with E-state index in [0.717, 1.165) is 0 Å². The highest BCUT2D eigenvalue weighted by molar-refractivity contribution is 6.09. The van der Waals surface area contributed by atoms with Crippen molar-refractivity contribution in [1.29, 1.82) is 0 Å². The van der Waals surface area contributed by atoms with Crippen molar-refractivity contribution < 1.29 is 14.4 Å². The number of hydrogen-bond donors (Lipinski definition) is 3. The molecular formula is C11H16N4O3. The van der Waals surface area contributed by atoms with E-state index in [1.165, 1.54) is 0 Å². The van der Waals surface area contributed by atoms with Gasteiger partial charge in [0.05, 0.1) is 6.20 Å². The van der Waals surface area contributed by atoms with Gasteiger partial charge in [-0.1, -0.05) is 5.16 Å². The molecule has 1 aromatic heterocycles. The summed E-state index contributed by atoms with van der Waals surface area (Å²) < 4.78 is 5.33. The summed E-state index contributed by atoms with van der Waals surface area (Å²) in [6, 6.07) is -0.352. The topological polar surface area (TPSA) is 114 Å². The molecule has 1 unspecified atom stereocenters. The molecule has 1 heterocycles. The Morgan fingerprint density at radius 3 is 2.83 bits per heavy atom. The maximum absolute atomic E-state index is 12.1. The van der Waals surface area contributed by atoms with E-state index in [1.807, 2.05) is 0 Å². The third-order valence-corrected chi connectivity index (χ3v) is 3.14. The van der Waals surface area contributed by atoms with Gasteiger partial charge in [0, 0.05) is 0 Å². The van der Waals surface area contributed by atoms with Gasteiger partial charge in [-0.25, -0.2) is 4.98 Å². The first kappa shape index (κ1) is 12.4. The summed E-state index contributed by atoms with van der Waals surface area (Å²) in [7, 11) is 0. The number of amidine groups is 1. The highest BCUT2D eigenvalue weighted by Gasteiger charge is 2.54. The lowest BCUT2D eigenvalue weighted by Crippen LogP contribution is -2.41. The van der Waals surface area contributed by atoms with Crippen molar-refractivity contribution >= 4 is 11.7 Å². The second kappa shape index (κ2) is 4.32. The zero-order chi connectivity index (χ0) is 13.3. The molecule has 0 aliphatic heterocycles. The number of rotatable bonds is 4. The highest BCUT2D eigenvalue weighted by Crippen LogP contribution is 2.46. The normalized spacial score (nSPS) is 19.3. The molecule has 1 aliphatic rings. The van der Waals surface area contributed by atoms with Gasteiger partial charge in [0.25, 0.3) is 0 Å². The van der Waals surface area contributed by atoms with Crippen molar-refractivity contribution in [3.05, 3.63) is 17.8 Å². The summed E-state index contributed by atoms with van der Waals surface area (Å²) in [5, 5.41) is 14.3. The molecule has 2 rings (SSSR count). The molecule has 1 amide bonds. The molecule has 1 aliphatic carbocycles. The van der Waals surface area contributed by atoms with E-state index in [-0.39, 0.29) is 17.8 Å². The summed E-state index contributed by atoms with van der Waals surface area (Å²) in [6.07, 6.45) is 2.77. The van der Waals surface area contributed by atoms with E-state index in [2.05, 4.69) is 15.5 Å². The number of amides is 1. The van der Waals surface area contributed by atoms with E-state index < -0.39 is 5.41 Å². The minimum Gasteiger partial charge on any atom is -0.444 e. The molecule has 7 nitrogen and oxygen atoms in total. The van der Waals surface area contributed by atoms with Crippen molar-refractivity contribution in [3.8, 4) is 0 Å². The number of aryl methyl sites for hydroxylation is 1. The SMILES string of the molecule is Cc1cnc(C(C)NC(=O)C2(/C(N)=N/O)CC2)o1. The van der Waals surface area contributed by atoms with Gasteiger partial charge in [-0.2, -0.15) is 0 Å². The largest absolute Gasteiger partial charge is 0.444 e. The quantitative estimate of drug-likeness (QED) is 0.315. The van der Waals surface area contributed by atoms with Gasteiger partial charge in [0.2, 0.25) is 11.8 Å². The molecular weight excluding hydrogens is 236 g/mol. The molecule has 7 heteroatoms. The van der Waals surface area contributed by atoms with Gasteiger partial charge >= 0.3 is 0 Å². The zero-order valence-electron chi connectivity index (χ0n) is 10.3. The minimum absolute atomic E-state index is 0.0456. The van der Waals surface area contributed by atoms with Gasteiger partial charge in [-0.05, 0) is 26.7 Å². The van der Waals surface area contributed by atoms with Crippen LogP contribution in [0.1, 0.15) is 37.5 Å². The van der Waals surface area contributed by atoms with Gasteiger partial charge in [0.15, 0.2) is 5.84 Å². The van der Waals surface area contributed by atoms with Crippen LogP contribution in [0.25, 0.3) is 0 Å². The summed E-state index contributed by atoms with van der Waals surface area (Å²) in [5.74, 6) is 0.816. The molecule has 1 atom stereocenters. The standard InChI is InChI=1S/C11H16N4O3/c1-6-5-13-8(18-6)7(2)14-10(16)11(3-4-11)9(12)15-17/h5,7,17H,3-4H2,1-2H3,(H2,12,15)(H,14,16). The van der Waals surface area contributed by atoms with E-state index in [4.69, 9.17) is 15.4 Å². The minimum atomic E-state index is -0.857. The molecule has 0 aromatic carbocycles. The average molecular weight is 252 g/mol. The fourth-order valence-corrected chi connectivity index (χ4v) is 1.79. The first-order valence-corrected chi connectivity index (χ1v) is 5.71. The highest BCUT2D eigenvalue weighted by atomic mass is 16.4. The lowest BCUT2D eigenvalue weighted by Gasteiger charge is -2.16. The molecule has 4 N–H and O–H groups in total. The molecule has 1 fully saturated rings. The Bertz CT molecular complexity index is 490. The van der Waals surface area contributed by atoms with E-state index in [1.54, 1.807) is 20.0 Å². The van der Waals surface area contributed by atoms with Crippen molar-refractivity contribution in [2.24, 2.45) is 16.3 Å². The lowest BCUT2D eigenvalue weighted by atomic mass is 10.0. The molecule has 0 radical (unpaired) electrons. The number of oxime groups is 1. The fraction of sp³-hybridized carbons (Fsp3) is 0.545. The summed E-state index contributed by atoms with van der Waals surface area (Å²) in [4.78, 5) is 16.1. The number of nitrogens with one attached hydrogen (secondary N) is 1. The molecule has 0 bridgehead atoms. The summed E-state index contributed by atoms with van der Waals surface area (Å²) in [6.45, 7) is 3.55. The third kappa shape index (κ3) is 2.03. The van der Waals surface area contributed by atoms with Crippen molar-refractivity contribution in [2.45, 2.75) is 32.7 Å². The molecule has 1 saturated carbocycles. The second-order valence-electron chi connectivity index (χ2n) is 4.57. The predicted molar refractivity (Wildman–Crippen MR) is 62.9 cm³/mol. The molecule has 98 valence electrons. The third-order valence-electron chi connectivity index (χ3n) is 3.14. The Morgan fingerprint density at radius 1 is 1.72 bits per heavy atom. The molecule has 1 aromatic rings. The average Bonchev–Trinajstić information content (AvgIpc) is 3.05. The second-order valence-corrected chi connectivity index (χ2v) is 4.57. The Hall–Kier alpha value is -2.05. The smallest absolute Gasteiger partial charge is 0.234 e. The number of carbonyl (C=O) groups excluding carboxylic acids is 1. The molecule has 0 spiro atoms. The van der Waals surface area contributed by atoms with Crippen molar-refractivity contribution in [3.63, 3.8) is 0 Å². The van der Waals surface area contributed by atoms with Crippen LogP contribution in [0.5, 0.6) is 0 Å². The van der Waals surface area contributed by atoms with Crippen LogP contribution in [0.3, 0.4) is 0 Å². The number of nitrogens with zero attached hydrogens (tertiary/aromatic N) is 2. The Labute approximate surface area is 104 Å². The number of oxazole rings is 1. The van der Waals surface area contributed by atoms with Crippen LogP contribution in [0.15, 0.2) is 15.8 Å². The predicted octanol–water partition coefficient (Wildman–Crippen LogP) is 0.687. The van der Waals surface area contributed by atoms with Crippen molar-refractivity contribution in [2.75, 3.05) is 0 Å². The van der Waals surface area contributed by atoms with Crippen LogP contribution in [0.4, 0.5) is 0 Å². The van der Waals surface area contributed by atoms with Gasteiger partial charge in [-0.15, -0.1) is 0 Å². The van der Waals surface area contributed by atoms with Gasteiger partial charge < -0.3 is 20.7 Å². The Morgan fingerprint density at radius 2 is 2.39 bits per heavy atom. The van der Waals surface area contributed by atoms with E-state index >= 15 is 0 Å². The zero-order valence-corrected chi connectivity index (χ0v) is 10.3. The van der Waals surface area contributed by atoms with Crippen LogP contribution in [-0.4, -0.2) is 21.9 Å². The van der Waals surface area contributed by atoms with Crippen LogP contribution >= 0.6 is 0 Å². The van der Waals surface area contributed by atoms with Crippen LogP contribution in [0.2, 0.25) is 0 Å². The van der Waals surface area contributed by atoms with Crippen LogP contribution in [-0.2, 0) is 4.79 Å². The fourth-order valence-electron chi connectivity index (χ4n) is 1.79. The maximum atomic E-state index is 12.1.